The summed E-state index contributed by atoms with van der Waals surface area (Å²) >= 11 is 0. The average Bonchev–Trinajstić information content (AvgIpc) is 2.36. The molecular weight excluding hydrogens is 405 g/mol. The average molecular weight is 422 g/mol. The quantitative estimate of drug-likeness (QED) is 0.148. The molecule has 0 aliphatic rings. The van der Waals surface area contributed by atoms with Gasteiger partial charge in [-0.3, -0.25) is 13.6 Å². The molecule has 0 rings (SSSR count). The van der Waals surface area contributed by atoms with Crippen LogP contribution in [0.2, 0.25) is 0 Å². The van der Waals surface area contributed by atoms with Crippen LogP contribution in [-0.4, -0.2) is 82.3 Å². The van der Waals surface area contributed by atoms with E-state index in [1.54, 1.807) is 0 Å². The molecule has 0 saturated carbocycles. The van der Waals surface area contributed by atoms with Gasteiger partial charge in [0.1, 0.15) is 24.4 Å². The summed E-state index contributed by atoms with van der Waals surface area (Å²) in [5, 5.41) is 27.7. The third-order valence-electron chi connectivity index (χ3n) is 2.22. The fraction of sp³-hybridized carbons (Fsp3) is 1.00. The summed E-state index contributed by atoms with van der Waals surface area (Å²) < 4.78 is 44.4. The second-order valence-corrected chi connectivity index (χ2v) is 7.85. The number of phosphoric acid groups is 3. The Balaban J connectivity index is 5.62. The normalized spacial score (nSPS) is 18.9. The fourth-order valence-corrected chi connectivity index (χ4v) is 2.82. The van der Waals surface area contributed by atoms with E-state index < -0.39 is 61.1 Å². The lowest BCUT2D eigenvalue weighted by atomic mass is 10.0. The molecule has 146 valence electrons. The van der Waals surface area contributed by atoms with Crippen molar-refractivity contribution in [3.63, 3.8) is 0 Å². The molecule has 0 radical (unpaired) electrons. The van der Waals surface area contributed by atoms with Crippen molar-refractivity contribution in [2.45, 2.75) is 24.4 Å². The van der Waals surface area contributed by atoms with Gasteiger partial charge in [-0.25, -0.2) is 13.7 Å². The Labute approximate surface area is 134 Å². The van der Waals surface area contributed by atoms with Crippen LogP contribution in [0.25, 0.3) is 0 Å². The summed E-state index contributed by atoms with van der Waals surface area (Å²) in [7, 11) is -16.1. The zero-order valence-electron chi connectivity index (χ0n) is 11.5. The van der Waals surface area contributed by atoms with E-state index in [0.29, 0.717) is 0 Å². The number of aliphatic hydroxyl groups excluding tert-OH is 3. The van der Waals surface area contributed by atoms with E-state index in [4.69, 9.17) is 34.5 Å². The van der Waals surface area contributed by atoms with Crippen LogP contribution in [0.3, 0.4) is 0 Å². The lowest BCUT2D eigenvalue weighted by Crippen LogP contribution is -2.49. The van der Waals surface area contributed by atoms with E-state index in [1.807, 2.05) is 0 Å². The van der Waals surface area contributed by atoms with Gasteiger partial charge in [-0.15, -0.1) is 0 Å². The topological polar surface area (TPSA) is 261 Å². The van der Waals surface area contributed by atoms with E-state index in [9.17, 15) is 23.9 Å². The van der Waals surface area contributed by atoms with Crippen LogP contribution >= 0.6 is 23.5 Å². The second-order valence-electron chi connectivity index (χ2n) is 4.22. The molecule has 0 fully saturated rings. The third kappa shape index (κ3) is 10.9. The summed E-state index contributed by atoms with van der Waals surface area (Å²) in [6.45, 7) is -2.57. The summed E-state index contributed by atoms with van der Waals surface area (Å²) in [6.07, 6.45) is -9.31. The SMILES string of the molecule is O=P(O)(O)OC[C@H](OP(=O)(O)O)[C@@H](OP(=O)(O)O)[C@H](O)[C@H](O)CO. The number of hydrogen-bond acceptors (Lipinski definition) is 9. The molecule has 0 bridgehead atoms. The molecule has 18 heteroatoms. The first-order valence-corrected chi connectivity index (χ1v) is 10.3. The minimum absolute atomic E-state index is 1.16. The maximum atomic E-state index is 10.9. The van der Waals surface area contributed by atoms with Crippen LogP contribution < -0.4 is 0 Å². The number of rotatable bonds is 11. The molecular formula is C6H17O15P3. The molecule has 0 unspecified atom stereocenters. The van der Waals surface area contributed by atoms with Gasteiger partial charge in [-0.05, 0) is 0 Å². The molecule has 0 aromatic heterocycles. The molecule has 0 heterocycles. The van der Waals surface area contributed by atoms with Gasteiger partial charge in [-0.1, -0.05) is 0 Å². The number of phosphoric ester groups is 3. The largest absolute Gasteiger partial charge is 0.470 e. The van der Waals surface area contributed by atoms with Gasteiger partial charge in [0.2, 0.25) is 0 Å². The van der Waals surface area contributed by atoms with Crippen molar-refractivity contribution < 1.29 is 71.9 Å². The Morgan fingerprint density at radius 2 is 1.25 bits per heavy atom. The second kappa shape index (κ2) is 9.24. The summed E-state index contributed by atoms with van der Waals surface area (Å²) in [6, 6.07) is 0. The van der Waals surface area contributed by atoms with Crippen molar-refractivity contribution in [1.82, 2.24) is 0 Å². The van der Waals surface area contributed by atoms with Crippen molar-refractivity contribution in [3.05, 3.63) is 0 Å². The maximum absolute atomic E-state index is 10.9. The van der Waals surface area contributed by atoms with Crippen molar-refractivity contribution >= 4 is 23.5 Å². The first kappa shape index (κ1) is 24.2. The minimum atomic E-state index is -5.44. The van der Waals surface area contributed by atoms with Gasteiger partial charge < -0.3 is 44.7 Å². The van der Waals surface area contributed by atoms with Gasteiger partial charge in [0, 0.05) is 0 Å². The molecule has 0 aliphatic heterocycles. The summed E-state index contributed by atoms with van der Waals surface area (Å²) in [4.78, 5) is 52.1. The zero-order chi connectivity index (χ0) is 19.3. The smallest absolute Gasteiger partial charge is 0.394 e. The monoisotopic (exact) mass is 422 g/mol. The molecule has 0 saturated heterocycles. The Morgan fingerprint density at radius 3 is 1.58 bits per heavy atom. The van der Waals surface area contributed by atoms with E-state index in [1.165, 1.54) is 0 Å². The molecule has 0 aromatic carbocycles. The molecule has 0 amide bonds. The lowest BCUT2D eigenvalue weighted by Gasteiger charge is -2.32. The highest BCUT2D eigenvalue weighted by molar-refractivity contribution is 7.47. The Bertz CT molecular complexity index is 517. The van der Waals surface area contributed by atoms with Crippen LogP contribution in [0.15, 0.2) is 0 Å². The van der Waals surface area contributed by atoms with E-state index in [0.717, 1.165) is 0 Å². The van der Waals surface area contributed by atoms with Gasteiger partial charge in [-0.2, -0.15) is 0 Å². The van der Waals surface area contributed by atoms with Crippen molar-refractivity contribution in [2.24, 2.45) is 0 Å². The van der Waals surface area contributed by atoms with Crippen LogP contribution in [0.4, 0.5) is 0 Å². The number of aliphatic hydroxyl groups is 3. The first-order valence-electron chi connectivity index (χ1n) is 5.70. The molecule has 4 atom stereocenters. The van der Waals surface area contributed by atoms with Gasteiger partial charge >= 0.3 is 23.5 Å². The van der Waals surface area contributed by atoms with Gasteiger partial charge in [0.15, 0.2) is 0 Å². The van der Waals surface area contributed by atoms with Gasteiger partial charge in [0.05, 0.1) is 13.2 Å². The van der Waals surface area contributed by atoms with E-state index >= 15 is 0 Å². The third-order valence-corrected chi connectivity index (χ3v) is 3.77. The van der Waals surface area contributed by atoms with Crippen molar-refractivity contribution in [2.75, 3.05) is 13.2 Å². The van der Waals surface area contributed by atoms with Crippen LogP contribution in [-0.2, 0) is 27.3 Å². The molecule has 24 heavy (non-hydrogen) atoms. The van der Waals surface area contributed by atoms with Gasteiger partial charge in [0.25, 0.3) is 0 Å². The minimum Gasteiger partial charge on any atom is -0.394 e. The standard InChI is InChI=1S/C6H17O15P3/c7-1-3(8)5(9)6(21-24(16,17)18)4(20-23(13,14)15)2-19-22(10,11)12/h3-9H,1-2H2,(H2,10,11,12)(H2,13,14,15)(H2,16,17,18)/t3-,4+,5-,6-/m1/s1. The Morgan fingerprint density at radius 1 is 0.792 bits per heavy atom. The summed E-state index contributed by atoms with van der Waals surface area (Å²) in [5.74, 6) is 0. The van der Waals surface area contributed by atoms with Crippen LogP contribution in [0.1, 0.15) is 0 Å². The fourth-order valence-electron chi connectivity index (χ4n) is 1.37. The predicted octanol–water partition coefficient (Wildman–Crippen LogP) is -3.23. The maximum Gasteiger partial charge on any atom is 0.470 e. The molecule has 0 spiro atoms. The van der Waals surface area contributed by atoms with Crippen LogP contribution in [0.5, 0.6) is 0 Å². The van der Waals surface area contributed by atoms with E-state index in [-0.39, 0.29) is 0 Å². The van der Waals surface area contributed by atoms with E-state index in [2.05, 4.69) is 13.6 Å². The number of hydrogen-bond donors (Lipinski definition) is 9. The Hall–Kier alpha value is 0.210. The zero-order valence-corrected chi connectivity index (χ0v) is 14.2. The lowest BCUT2D eigenvalue weighted by molar-refractivity contribution is -0.116. The van der Waals surface area contributed by atoms with Crippen molar-refractivity contribution in [3.8, 4) is 0 Å². The highest BCUT2D eigenvalue weighted by Crippen LogP contribution is 2.45. The Kier molecular flexibility index (Phi) is 9.32. The van der Waals surface area contributed by atoms with Crippen molar-refractivity contribution in [1.29, 1.82) is 0 Å². The highest BCUT2D eigenvalue weighted by atomic mass is 31.2. The highest BCUT2D eigenvalue weighted by Gasteiger charge is 2.42. The molecule has 15 nitrogen and oxygen atoms in total. The molecule has 0 aliphatic carbocycles. The summed E-state index contributed by atoms with van der Waals surface area (Å²) in [5.41, 5.74) is 0. The van der Waals surface area contributed by atoms with Crippen LogP contribution in [0, 0.1) is 0 Å². The predicted molar refractivity (Wildman–Crippen MR) is 70.9 cm³/mol. The molecule has 9 N–H and O–H groups in total. The molecule has 0 aromatic rings. The first-order chi connectivity index (χ1) is 10.6.